The van der Waals surface area contributed by atoms with Gasteiger partial charge in [-0.3, -0.25) is 0 Å². The summed E-state index contributed by atoms with van der Waals surface area (Å²) < 4.78 is 26.8. The van der Waals surface area contributed by atoms with Gasteiger partial charge in [0.25, 0.3) is 10.0 Å². The van der Waals surface area contributed by atoms with E-state index in [1.54, 1.807) is 13.1 Å². The van der Waals surface area contributed by atoms with Gasteiger partial charge < -0.3 is 5.11 Å². The Labute approximate surface area is 125 Å². The quantitative estimate of drug-likeness (QED) is 0.907. The van der Waals surface area contributed by atoms with Crippen molar-refractivity contribution in [2.45, 2.75) is 49.3 Å². The van der Waals surface area contributed by atoms with Crippen molar-refractivity contribution in [2.75, 3.05) is 13.6 Å². The summed E-state index contributed by atoms with van der Waals surface area (Å²) in [7, 11) is -1.80. The second kappa shape index (κ2) is 6.56. The van der Waals surface area contributed by atoms with E-state index in [4.69, 9.17) is 0 Å². The van der Waals surface area contributed by atoms with Crippen molar-refractivity contribution < 1.29 is 13.5 Å². The Hall–Kier alpha value is -0.430. The molecule has 20 heavy (non-hydrogen) atoms. The number of aliphatic hydroxyl groups is 1. The molecule has 0 amide bonds. The Bertz CT molecular complexity index is 538. The molecule has 1 aromatic heterocycles. The summed E-state index contributed by atoms with van der Waals surface area (Å²) in [5.74, 6) is 0.0640. The molecule has 0 aliphatic heterocycles. The van der Waals surface area contributed by atoms with Crippen LogP contribution in [0.2, 0.25) is 0 Å². The zero-order chi connectivity index (χ0) is 14.8. The van der Waals surface area contributed by atoms with Gasteiger partial charge in [0.15, 0.2) is 0 Å². The molecule has 0 aromatic carbocycles. The summed E-state index contributed by atoms with van der Waals surface area (Å²) >= 11 is 1.34. The molecule has 0 saturated heterocycles. The van der Waals surface area contributed by atoms with Crippen LogP contribution in [0.5, 0.6) is 0 Å². The zero-order valence-electron chi connectivity index (χ0n) is 12.1. The summed E-state index contributed by atoms with van der Waals surface area (Å²) in [6.45, 7) is 2.42. The lowest BCUT2D eigenvalue weighted by Crippen LogP contribution is -2.37. The molecule has 1 aliphatic rings. The third kappa shape index (κ3) is 3.42. The summed E-state index contributed by atoms with van der Waals surface area (Å²) in [6, 6.07) is 3.56. The van der Waals surface area contributed by atoms with Crippen molar-refractivity contribution >= 4 is 21.4 Å². The Morgan fingerprint density at radius 3 is 2.65 bits per heavy atom. The van der Waals surface area contributed by atoms with Gasteiger partial charge >= 0.3 is 0 Å². The Balaban J connectivity index is 2.08. The third-order valence-electron chi connectivity index (χ3n) is 4.01. The summed E-state index contributed by atoms with van der Waals surface area (Å²) in [6.07, 6.45) is 4.30. The summed E-state index contributed by atoms with van der Waals surface area (Å²) in [4.78, 5) is 1.08. The first-order chi connectivity index (χ1) is 9.45. The van der Waals surface area contributed by atoms with E-state index in [2.05, 4.69) is 0 Å². The molecule has 0 radical (unpaired) electrons. The number of hydrogen-bond acceptors (Lipinski definition) is 4. The fourth-order valence-corrected chi connectivity index (χ4v) is 5.40. The fourth-order valence-electron chi connectivity index (χ4n) is 2.67. The Morgan fingerprint density at radius 1 is 1.35 bits per heavy atom. The highest BCUT2D eigenvalue weighted by atomic mass is 32.2. The minimum absolute atomic E-state index is 0.0640. The van der Waals surface area contributed by atoms with E-state index < -0.39 is 10.0 Å². The molecular formula is C14H23NO3S2. The number of thiophene rings is 1. The average Bonchev–Trinajstić information content (AvgIpc) is 2.90. The van der Waals surface area contributed by atoms with E-state index in [9.17, 15) is 13.5 Å². The van der Waals surface area contributed by atoms with Crippen LogP contribution in [-0.4, -0.2) is 37.5 Å². The Kier molecular flexibility index (Phi) is 5.23. The van der Waals surface area contributed by atoms with Crippen LogP contribution in [-0.2, 0) is 16.4 Å². The minimum Gasteiger partial charge on any atom is -0.393 e. The van der Waals surface area contributed by atoms with Crippen LogP contribution in [0.4, 0.5) is 0 Å². The van der Waals surface area contributed by atoms with Crippen LogP contribution in [0.1, 0.15) is 37.5 Å². The van der Waals surface area contributed by atoms with Crippen LogP contribution < -0.4 is 0 Å². The van der Waals surface area contributed by atoms with Gasteiger partial charge in [-0.1, -0.05) is 19.8 Å². The molecule has 0 bridgehead atoms. The summed E-state index contributed by atoms with van der Waals surface area (Å²) in [5, 5.41) is 9.98. The normalized spacial score (nSPS) is 24.2. The van der Waals surface area contributed by atoms with Crippen LogP contribution >= 0.6 is 11.3 Å². The van der Waals surface area contributed by atoms with Gasteiger partial charge in [-0.05, 0) is 37.3 Å². The number of hydrogen-bond donors (Lipinski definition) is 1. The largest absolute Gasteiger partial charge is 0.393 e. The second-order valence-corrected chi connectivity index (χ2v) is 8.91. The molecule has 4 nitrogen and oxygen atoms in total. The summed E-state index contributed by atoms with van der Waals surface area (Å²) in [5.41, 5.74) is 0. The van der Waals surface area contributed by atoms with Crippen molar-refractivity contribution in [3.05, 3.63) is 17.0 Å². The average molecular weight is 317 g/mol. The van der Waals surface area contributed by atoms with Crippen molar-refractivity contribution in [1.29, 1.82) is 0 Å². The van der Waals surface area contributed by atoms with E-state index in [0.717, 1.165) is 37.0 Å². The van der Waals surface area contributed by atoms with Crippen molar-refractivity contribution in [2.24, 2.45) is 5.92 Å². The topological polar surface area (TPSA) is 57.6 Å². The molecule has 1 fully saturated rings. The predicted octanol–water partition coefficient (Wildman–Crippen LogP) is 2.48. The van der Waals surface area contributed by atoms with Crippen LogP contribution in [0.3, 0.4) is 0 Å². The lowest BCUT2D eigenvalue weighted by molar-refractivity contribution is 0.0621. The van der Waals surface area contributed by atoms with Crippen molar-refractivity contribution in [1.82, 2.24) is 4.31 Å². The molecule has 1 N–H and O–H groups in total. The molecule has 1 saturated carbocycles. The van der Waals surface area contributed by atoms with E-state index in [1.807, 2.05) is 13.0 Å². The molecule has 0 spiro atoms. The highest BCUT2D eigenvalue weighted by Crippen LogP contribution is 2.29. The smallest absolute Gasteiger partial charge is 0.252 e. The van der Waals surface area contributed by atoms with Crippen LogP contribution in [0, 0.1) is 5.92 Å². The monoisotopic (exact) mass is 317 g/mol. The molecule has 1 heterocycles. The predicted molar refractivity (Wildman–Crippen MR) is 81.5 cm³/mol. The van der Waals surface area contributed by atoms with E-state index in [1.165, 1.54) is 15.6 Å². The number of sulfonamides is 1. The second-order valence-electron chi connectivity index (χ2n) is 5.47. The first kappa shape index (κ1) is 15.9. The fraction of sp³-hybridized carbons (Fsp3) is 0.714. The van der Waals surface area contributed by atoms with Crippen LogP contribution in [0.15, 0.2) is 16.3 Å². The number of rotatable bonds is 5. The maximum Gasteiger partial charge on any atom is 0.252 e. The minimum atomic E-state index is -3.41. The number of nitrogens with zero attached hydrogens (tertiary/aromatic N) is 1. The van der Waals surface area contributed by atoms with Gasteiger partial charge in [0, 0.05) is 18.5 Å². The third-order valence-corrected chi connectivity index (χ3v) is 7.53. The standard InChI is InChI=1S/C14H23NO3S2/c1-3-12-8-9-14(19-12)20(17,18)15(2)10-11-6-4-5-7-13(11)16/h8-9,11,13,16H,3-7,10H2,1-2H3. The van der Waals surface area contributed by atoms with Crippen molar-refractivity contribution in [3.63, 3.8) is 0 Å². The van der Waals surface area contributed by atoms with Crippen LogP contribution in [0.25, 0.3) is 0 Å². The molecule has 2 atom stereocenters. The first-order valence-electron chi connectivity index (χ1n) is 7.18. The molecule has 1 aliphatic carbocycles. The van der Waals surface area contributed by atoms with Gasteiger partial charge in [0.1, 0.15) is 4.21 Å². The first-order valence-corrected chi connectivity index (χ1v) is 9.44. The molecule has 2 unspecified atom stereocenters. The Morgan fingerprint density at radius 2 is 2.05 bits per heavy atom. The zero-order valence-corrected chi connectivity index (χ0v) is 13.7. The van der Waals surface area contributed by atoms with Gasteiger partial charge in [-0.25, -0.2) is 8.42 Å². The van der Waals surface area contributed by atoms with Gasteiger partial charge in [-0.15, -0.1) is 11.3 Å². The van der Waals surface area contributed by atoms with E-state index in [-0.39, 0.29) is 12.0 Å². The maximum absolute atomic E-state index is 12.5. The lowest BCUT2D eigenvalue weighted by atomic mass is 9.86. The molecule has 114 valence electrons. The van der Waals surface area contributed by atoms with Gasteiger partial charge in [0.2, 0.25) is 0 Å². The molecular weight excluding hydrogens is 294 g/mol. The highest BCUT2D eigenvalue weighted by Gasteiger charge is 2.29. The van der Waals surface area contributed by atoms with Gasteiger partial charge in [0.05, 0.1) is 6.10 Å². The van der Waals surface area contributed by atoms with Crippen molar-refractivity contribution in [3.8, 4) is 0 Å². The number of aryl methyl sites for hydroxylation is 1. The molecule has 2 rings (SSSR count). The highest BCUT2D eigenvalue weighted by molar-refractivity contribution is 7.91. The van der Waals surface area contributed by atoms with E-state index >= 15 is 0 Å². The molecule has 1 aromatic rings. The maximum atomic E-state index is 12.5. The van der Waals surface area contributed by atoms with Gasteiger partial charge in [-0.2, -0.15) is 4.31 Å². The van der Waals surface area contributed by atoms with E-state index in [0.29, 0.717) is 10.8 Å². The SMILES string of the molecule is CCc1ccc(S(=O)(=O)N(C)CC2CCCCC2O)s1. The number of aliphatic hydroxyl groups excluding tert-OH is 1. The lowest BCUT2D eigenvalue weighted by Gasteiger charge is -2.30. The molecule has 6 heteroatoms.